The van der Waals surface area contributed by atoms with Crippen molar-refractivity contribution in [1.29, 1.82) is 0 Å². The topological polar surface area (TPSA) is 72.7 Å². The van der Waals surface area contributed by atoms with Crippen LogP contribution in [0.2, 0.25) is 0 Å². The molecule has 1 N–H and O–H groups in total. The minimum atomic E-state index is -0.223. The third-order valence-corrected chi connectivity index (χ3v) is 4.73. The minimum absolute atomic E-state index is 0.223. The number of amides is 1. The van der Waals surface area contributed by atoms with E-state index in [4.69, 9.17) is 0 Å². The van der Waals surface area contributed by atoms with Gasteiger partial charge in [0.15, 0.2) is 10.9 Å². The number of carbonyl (C=O) groups excluding carboxylic acids is 1. The van der Waals surface area contributed by atoms with Crippen molar-refractivity contribution >= 4 is 33.3 Å². The van der Waals surface area contributed by atoms with Gasteiger partial charge in [0.2, 0.25) is 0 Å². The number of aryl methyl sites for hydroxylation is 1. The molecule has 0 aliphatic heterocycles. The third kappa shape index (κ3) is 2.89. The van der Waals surface area contributed by atoms with Crippen LogP contribution in [0.25, 0.3) is 16.7 Å². The van der Waals surface area contributed by atoms with E-state index in [0.29, 0.717) is 16.5 Å². The summed E-state index contributed by atoms with van der Waals surface area (Å²) >= 11 is 1.44. The van der Waals surface area contributed by atoms with Crippen LogP contribution in [0.3, 0.4) is 0 Å². The van der Waals surface area contributed by atoms with Crippen LogP contribution >= 0.6 is 11.3 Å². The number of nitrogens with one attached hydrogen (secondary N) is 1. The Bertz CT molecular complexity index is 1080. The molecular formula is C18H15N5OS. The second-order valence-corrected chi connectivity index (χ2v) is 6.88. The Hall–Kier alpha value is -3.06. The molecule has 3 aromatic heterocycles. The number of hydrogen-bond donors (Lipinski definition) is 1. The smallest absolute Gasteiger partial charge is 0.260 e. The van der Waals surface area contributed by atoms with Crippen LogP contribution < -0.4 is 5.32 Å². The zero-order valence-electron chi connectivity index (χ0n) is 13.7. The molecule has 0 atom stereocenters. The first kappa shape index (κ1) is 15.5. The van der Waals surface area contributed by atoms with Crippen molar-refractivity contribution in [2.24, 2.45) is 0 Å². The second-order valence-electron chi connectivity index (χ2n) is 5.65. The number of fused-ring (bicyclic) bond motifs is 1. The summed E-state index contributed by atoms with van der Waals surface area (Å²) in [5.74, 6) is 0.458. The summed E-state index contributed by atoms with van der Waals surface area (Å²) in [5.41, 5.74) is 2.12. The molecule has 124 valence electrons. The number of aromatic nitrogens is 4. The van der Waals surface area contributed by atoms with Crippen molar-refractivity contribution in [3.05, 3.63) is 64.9 Å². The molecule has 0 aliphatic rings. The first-order valence-electron chi connectivity index (χ1n) is 7.76. The van der Waals surface area contributed by atoms with Crippen LogP contribution in [-0.4, -0.2) is 25.7 Å². The Morgan fingerprint density at radius 2 is 1.96 bits per heavy atom. The lowest BCUT2D eigenvalue weighted by atomic mass is 10.2. The molecule has 0 radical (unpaired) electrons. The van der Waals surface area contributed by atoms with E-state index in [-0.39, 0.29) is 5.91 Å². The van der Waals surface area contributed by atoms with Crippen molar-refractivity contribution in [1.82, 2.24) is 19.7 Å². The Balaban J connectivity index is 1.66. The van der Waals surface area contributed by atoms with E-state index in [1.807, 2.05) is 50.2 Å². The number of hydrogen-bond acceptors (Lipinski definition) is 5. The van der Waals surface area contributed by atoms with Gasteiger partial charge in [-0.3, -0.25) is 10.1 Å². The molecular weight excluding hydrogens is 334 g/mol. The number of anilines is 1. The summed E-state index contributed by atoms with van der Waals surface area (Å²) in [5, 5.41) is 8.79. The zero-order chi connectivity index (χ0) is 17.4. The molecule has 7 heteroatoms. The Kier molecular flexibility index (Phi) is 3.77. The first-order valence-corrected chi connectivity index (χ1v) is 8.58. The van der Waals surface area contributed by atoms with E-state index < -0.39 is 0 Å². The van der Waals surface area contributed by atoms with Gasteiger partial charge < -0.3 is 0 Å². The largest absolute Gasteiger partial charge is 0.298 e. The normalized spacial score (nSPS) is 11.0. The van der Waals surface area contributed by atoms with Crippen LogP contribution in [0, 0.1) is 13.8 Å². The fraction of sp³-hybridized carbons (Fsp3) is 0.111. The number of nitrogens with zero attached hydrogens (tertiary/aromatic N) is 4. The maximum absolute atomic E-state index is 12.5. The molecule has 6 nitrogen and oxygen atoms in total. The Morgan fingerprint density at radius 1 is 1.12 bits per heavy atom. The lowest BCUT2D eigenvalue weighted by molar-refractivity contribution is 0.102. The molecule has 1 aromatic carbocycles. The lowest BCUT2D eigenvalue weighted by Gasteiger charge is -2.06. The summed E-state index contributed by atoms with van der Waals surface area (Å²) in [6.07, 6.45) is 3.29. The second kappa shape index (κ2) is 6.10. The fourth-order valence-corrected chi connectivity index (χ4v) is 3.27. The number of pyridine rings is 1. The number of para-hydroxylation sites is 1. The van der Waals surface area contributed by atoms with Crippen molar-refractivity contribution in [2.75, 3.05) is 5.32 Å². The van der Waals surface area contributed by atoms with E-state index in [9.17, 15) is 4.79 Å². The lowest BCUT2D eigenvalue weighted by Crippen LogP contribution is -2.13. The Morgan fingerprint density at radius 3 is 2.76 bits per heavy atom. The van der Waals surface area contributed by atoms with Crippen LogP contribution in [-0.2, 0) is 0 Å². The van der Waals surface area contributed by atoms with Gasteiger partial charge in [0, 0.05) is 16.5 Å². The summed E-state index contributed by atoms with van der Waals surface area (Å²) in [4.78, 5) is 22.3. The van der Waals surface area contributed by atoms with E-state index in [1.54, 1.807) is 17.1 Å². The monoisotopic (exact) mass is 349 g/mol. The van der Waals surface area contributed by atoms with E-state index in [1.165, 1.54) is 11.3 Å². The highest BCUT2D eigenvalue weighted by atomic mass is 32.1. The average Bonchev–Trinajstić information content (AvgIpc) is 3.20. The molecule has 4 aromatic rings. The summed E-state index contributed by atoms with van der Waals surface area (Å²) in [6, 6.07) is 11.8. The van der Waals surface area contributed by atoms with Gasteiger partial charge in [-0.15, -0.1) is 11.3 Å². The highest BCUT2D eigenvalue weighted by Crippen LogP contribution is 2.20. The van der Waals surface area contributed by atoms with Gasteiger partial charge in [-0.1, -0.05) is 18.2 Å². The van der Waals surface area contributed by atoms with E-state index in [0.717, 1.165) is 21.5 Å². The minimum Gasteiger partial charge on any atom is -0.298 e. The predicted octanol–water partition coefficient (Wildman–Crippen LogP) is 3.75. The van der Waals surface area contributed by atoms with E-state index in [2.05, 4.69) is 20.4 Å². The highest BCUT2D eigenvalue weighted by Gasteiger charge is 2.17. The van der Waals surface area contributed by atoms with Gasteiger partial charge in [-0.2, -0.15) is 5.10 Å². The predicted molar refractivity (Wildman–Crippen MR) is 98.4 cm³/mol. The average molecular weight is 349 g/mol. The third-order valence-electron chi connectivity index (χ3n) is 3.90. The number of benzene rings is 1. The number of thiazole rings is 1. The van der Waals surface area contributed by atoms with Crippen molar-refractivity contribution in [3.8, 4) is 5.82 Å². The summed E-state index contributed by atoms with van der Waals surface area (Å²) in [7, 11) is 0. The number of rotatable bonds is 3. The van der Waals surface area contributed by atoms with Crippen molar-refractivity contribution < 1.29 is 4.79 Å². The van der Waals surface area contributed by atoms with Crippen LogP contribution in [0.15, 0.2) is 48.8 Å². The molecule has 0 saturated carbocycles. The highest BCUT2D eigenvalue weighted by molar-refractivity contribution is 7.15. The molecule has 0 fully saturated rings. The zero-order valence-corrected chi connectivity index (χ0v) is 14.5. The van der Waals surface area contributed by atoms with Gasteiger partial charge in [-0.05, 0) is 32.0 Å². The van der Waals surface area contributed by atoms with Gasteiger partial charge >= 0.3 is 0 Å². The molecule has 0 unspecified atom stereocenters. The molecule has 0 saturated heterocycles. The van der Waals surface area contributed by atoms with Crippen molar-refractivity contribution in [3.63, 3.8) is 0 Å². The van der Waals surface area contributed by atoms with Crippen LogP contribution in [0.1, 0.15) is 20.9 Å². The van der Waals surface area contributed by atoms with E-state index >= 15 is 0 Å². The summed E-state index contributed by atoms with van der Waals surface area (Å²) < 4.78 is 1.68. The molecule has 1 amide bonds. The molecule has 0 bridgehead atoms. The van der Waals surface area contributed by atoms with Crippen LogP contribution in [0.5, 0.6) is 0 Å². The van der Waals surface area contributed by atoms with Crippen molar-refractivity contribution in [2.45, 2.75) is 13.8 Å². The maximum atomic E-state index is 12.5. The fourth-order valence-electron chi connectivity index (χ4n) is 2.61. The molecule has 0 spiro atoms. The molecule has 4 rings (SSSR count). The molecule has 0 aliphatic carbocycles. The SMILES string of the molecule is Cc1cnc(NC(=O)c2cnn(-c3ccc4ccccc4n3)c2C)s1. The van der Waals surface area contributed by atoms with Gasteiger partial charge in [-0.25, -0.2) is 14.6 Å². The van der Waals surface area contributed by atoms with Gasteiger partial charge in [0.1, 0.15) is 0 Å². The summed E-state index contributed by atoms with van der Waals surface area (Å²) in [6.45, 7) is 3.80. The van der Waals surface area contributed by atoms with Gasteiger partial charge in [0.25, 0.3) is 5.91 Å². The maximum Gasteiger partial charge on any atom is 0.260 e. The standard InChI is InChI=1S/C18H15N5OS/c1-11-9-19-18(25-11)22-17(24)14-10-20-23(12(14)2)16-8-7-13-5-3-4-6-15(13)21-16/h3-10H,1-2H3,(H,19,22,24). The van der Waals surface area contributed by atoms with Gasteiger partial charge in [0.05, 0.1) is 23.0 Å². The molecule has 25 heavy (non-hydrogen) atoms. The molecule has 3 heterocycles. The first-order chi connectivity index (χ1) is 12.1. The quantitative estimate of drug-likeness (QED) is 0.611. The number of carbonyl (C=O) groups is 1. The van der Waals surface area contributed by atoms with Crippen LogP contribution in [0.4, 0.5) is 5.13 Å². The Labute approximate surface area is 148 Å².